The van der Waals surface area contributed by atoms with Crippen molar-refractivity contribution in [3.63, 3.8) is 0 Å². The molecule has 0 saturated heterocycles. The third-order valence-electron chi connectivity index (χ3n) is 6.11. The monoisotopic (exact) mass is 584 g/mol. The summed E-state index contributed by atoms with van der Waals surface area (Å²) >= 11 is 1.26. The molecule has 4 aromatic rings. The molecule has 0 unspecified atom stereocenters. The number of thiazole rings is 1. The zero-order chi connectivity index (χ0) is 29.4. The molecule has 0 saturated carbocycles. The van der Waals surface area contributed by atoms with E-state index in [0.29, 0.717) is 62.8 Å². The molecule has 0 spiro atoms. The predicted molar refractivity (Wildman–Crippen MR) is 153 cm³/mol. The first kappa shape index (κ1) is 29.5. The lowest BCUT2D eigenvalue weighted by molar-refractivity contribution is -0.123. The van der Waals surface area contributed by atoms with Gasteiger partial charge in [-0.05, 0) is 24.6 Å². The summed E-state index contributed by atoms with van der Waals surface area (Å²) in [6.07, 6.45) is 4.01. The molecule has 3 N–H and O–H groups in total. The van der Waals surface area contributed by atoms with Gasteiger partial charge in [-0.1, -0.05) is 11.3 Å². The maximum absolute atomic E-state index is 12.9. The minimum atomic E-state index is -0.341. The number of hydrogen-bond acceptors (Lipinski definition) is 10. The Morgan fingerprint density at radius 3 is 2.27 bits per heavy atom. The van der Waals surface area contributed by atoms with Crippen molar-refractivity contribution in [1.82, 2.24) is 20.0 Å². The quantitative estimate of drug-likeness (QED) is 0.204. The molecule has 4 rings (SSSR count). The van der Waals surface area contributed by atoms with E-state index in [0.717, 1.165) is 5.56 Å². The van der Waals surface area contributed by atoms with E-state index in [-0.39, 0.29) is 31.6 Å². The summed E-state index contributed by atoms with van der Waals surface area (Å²) < 4.78 is 29.1. The number of benzene rings is 2. The number of methoxy groups -OCH3 is 4. The summed E-state index contributed by atoms with van der Waals surface area (Å²) in [4.78, 5) is 30.5. The van der Waals surface area contributed by atoms with Gasteiger partial charge in [-0.2, -0.15) is 0 Å². The topological polar surface area (TPSA) is 142 Å². The van der Waals surface area contributed by atoms with E-state index in [2.05, 4.69) is 15.6 Å². The number of nitrogens with one attached hydrogen (secondary N) is 2. The number of nitrogens with zero attached hydrogens (tertiary/aromatic N) is 2. The number of imidazole rings is 1. The van der Waals surface area contributed by atoms with E-state index in [1.165, 1.54) is 11.3 Å². The Balaban J connectivity index is 1.44. The first-order chi connectivity index (χ1) is 19.9. The molecule has 0 bridgehead atoms. The second-order valence-electron chi connectivity index (χ2n) is 8.65. The normalized spacial score (nSPS) is 10.8. The van der Waals surface area contributed by atoms with Gasteiger partial charge in [0, 0.05) is 48.7 Å². The number of hydrogen-bond donors (Lipinski definition) is 3. The third kappa shape index (κ3) is 6.99. The van der Waals surface area contributed by atoms with Crippen molar-refractivity contribution in [3.8, 4) is 40.0 Å². The van der Waals surface area contributed by atoms with Crippen molar-refractivity contribution >= 4 is 28.1 Å². The summed E-state index contributed by atoms with van der Waals surface area (Å²) in [5.41, 5.74) is 2.12. The molecule has 218 valence electrons. The number of ether oxygens (including phenoxy) is 5. The van der Waals surface area contributed by atoms with Crippen LogP contribution in [0.1, 0.15) is 15.2 Å². The minimum absolute atomic E-state index is 0.145. The van der Waals surface area contributed by atoms with Crippen LogP contribution in [-0.2, 0) is 11.2 Å². The van der Waals surface area contributed by atoms with Gasteiger partial charge in [-0.15, -0.1) is 0 Å². The van der Waals surface area contributed by atoms with Crippen LogP contribution < -0.4 is 34.3 Å². The maximum Gasteiger partial charge on any atom is 0.263 e. The van der Waals surface area contributed by atoms with Crippen LogP contribution in [0.5, 0.6) is 28.7 Å². The van der Waals surface area contributed by atoms with E-state index in [9.17, 15) is 9.59 Å². The standard InChI is InChI=1S/C28H32N4O8S/c1-36-18-12-23(38-3)19(24(13-18)39-4)7-8-30-27(35)25-15-32-14-21(31-28(32)41-25)20-11-17(5-6-22(20)37-2)40-16-26(34)29-9-10-33/h5-6,11-15,33H,7-10,16H2,1-4H3,(H,29,34)(H,30,35). The largest absolute Gasteiger partial charge is 0.496 e. The Hall–Kier alpha value is -4.49. The van der Waals surface area contributed by atoms with Crippen molar-refractivity contribution in [2.45, 2.75) is 6.42 Å². The van der Waals surface area contributed by atoms with Crippen LogP contribution in [0.15, 0.2) is 42.7 Å². The molecule has 0 fully saturated rings. The molecule has 2 aromatic heterocycles. The highest BCUT2D eigenvalue weighted by Gasteiger charge is 2.18. The summed E-state index contributed by atoms with van der Waals surface area (Å²) in [5, 5.41) is 14.3. The summed E-state index contributed by atoms with van der Waals surface area (Å²) in [6.45, 7) is 0.187. The van der Waals surface area contributed by atoms with Gasteiger partial charge in [-0.25, -0.2) is 4.98 Å². The maximum atomic E-state index is 12.9. The second-order valence-corrected chi connectivity index (χ2v) is 9.66. The Morgan fingerprint density at radius 2 is 1.63 bits per heavy atom. The zero-order valence-electron chi connectivity index (χ0n) is 23.2. The molecule has 2 amide bonds. The number of aliphatic hydroxyl groups is 1. The number of aliphatic hydroxyl groups excluding tert-OH is 1. The molecule has 0 aliphatic rings. The fourth-order valence-electron chi connectivity index (χ4n) is 4.12. The number of carbonyl (C=O) groups excluding carboxylic acids is 2. The van der Waals surface area contributed by atoms with Gasteiger partial charge >= 0.3 is 0 Å². The lowest BCUT2D eigenvalue weighted by Gasteiger charge is -2.15. The molecule has 41 heavy (non-hydrogen) atoms. The Bertz CT molecular complexity index is 1460. The van der Waals surface area contributed by atoms with Crippen molar-refractivity contribution in [3.05, 3.63) is 53.2 Å². The molecule has 0 aliphatic heterocycles. The van der Waals surface area contributed by atoms with Crippen molar-refractivity contribution in [2.75, 3.05) is 54.7 Å². The van der Waals surface area contributed by atoms with Crippen LogP contribution in [0, 0.1) is 0 Å². The van der Waals surface area contributed by atoms with Gasteiger partial charge < -0.3 is 39.4 Å². The summed E-state index contributed by atoms with van der Waals surface area (Å²) in [7, 11) is 6.27. The van der Waals surface area contributed by atoms with Gasteiger partial charge in [0.05, 0.1) is 40.7 Å². The average molecular weight is 585 g/mol. The van der Waals surface area contributed by atoms with E-state index >= 15 is 0 Å². The van der Waals surface area contributed by atoms with Crippen LogP contribution in [0.25, 0.3) is 16.2 Å². The van der Waals surface area contributed by atoms with E-state index in [4.69, 9.17) is 28.8 Å². The average Bonchev–Trinajstić information content (AvgIpc) is 3.58. The minimum Gasteiger partial charge on any atom is -0.496 e. The number of aromatic nitrogens is 2. The van der Waals surface area contributed by atoms with Gasteiger partial charge in [0.25, 0.3) is 11.8 Å². The summed E-state index contributed by atoms with van der Waals surface area (Å²) in [6, 6.07) is 8.71. The molecular formula is C28H32N4O8S. The fraction of sp³-hybridized carbons (Fsp3) is 0.321. The number of carbonyl (C=O) groups is 2. The Labute approximate surface area is 240 Å². The molecule has 13 heteroatoms. The van der Waals surface area contributed by atoms with Crippen LogP contribution >= 0.6 is 11.3 Å². The lowest BCUT2D eigenvalue weighted by atomic mass is 10.1. The molecule has 2 heterocycles. The van der Waals surface area contributed by atoms with Crippen molar-refractivity contribution in [1.29, 1.82) is 0 Å². The third-order valence-corrected chi connectivity index (χ3v) is 7.10. The molecule has 0 radical (unpaired) electrons. The van der Waals surface area contributed by atoms with Gasteiger partial charge in [0.15, 0.2) is 11.6 Å². The van der Waals surface area contributed by atoms with Crippen LogP contribution in [-0.4, -0.2) is 81.0 Å². The highest BCUT2D eigenvalue weighted by Crippen LogP contribution is 2.35. The van der Waals surface area contributed by atoms with Gasteiger partial charge in [0.2, 0.25) is 0 Å². The van der Waals surface area contributed by atoms with E-state index in [1.807, 2.05) is 0 Å². The highest BCUT2D eigenvalue weighted by molar-refractivity contribution is 7.18. The second kappa shape index (κ2) is 13.7. The van der Waals surface area contributed by atoms with E-state index in [1.54, 1.807) is 75.6 Å². The molecule has 0 aliphatic carbocycles. The summed E-state index contributed by atoms with van der Waals surface area (Å²) in [5.74, 6) is 2.33. The Kier molecular flexibility index (Phi) is 9.87. The molecule has 2 aromatic carbocycles. The fourth-order valence-corrected chi connectivity index (χ4v) is 5.00. The number of fused-ring (bicyclic) bond motifs is 1. The predicted octanol–water partition coefficient (Wildman–Crippen LogP) is 2.56. The first-order valence-corrected chi connectivity index (χ1v) is 13.5. The van der Waals surface area contributed by atoms with Crippen LogP contribution in [0.2, 0.25) is 0 Å². The SMILES string of the molecule is COc1cc(OC)c(CCNC(=O)c2cn3cc(-c4cc(OCC(=O)NCCO)ccc4OC)nc3s2)c(OC)c1. The first-order valence-electron chi connectivity index (χ1n) is 12.6. The highest BCUT2D eigenvalue weighted by atomic mass is 32.1. The lowest BCUT2D eigenvalue weighted by Crippen LogP contribution is -2.31. The van der Waals surface area contributed by atoms with Gasteiger partial charge in [-0.3, -0.25) is 14.0 Å². The number of rotatable bonds is 14. The van der Waals surface area contributed by atoms with Crippen molar-refractivity contribution in [2.24, 2.45) is 0 Å². The van der Waals surface area contributed by atoms with Crippen LogP contribution in [0.4, 0.5) is 0 Å². The zero-order valence-corrected chi connectivity index (χ0v) is 24.0. The molecular weight excluding hydrogens is 552 g/mol. The number of amides is 2. The van der Waals surface area contributed by atoms with Gasteiger partial charge in [0.1, 0.15) is 33.6 Å². The molecule has 12 nitrogen and oxygen atoms in total. The van der Waals surface area contributed by atoms with Crippen molar-refractivity contribution < 1.29 is 38.4 Å². The smallest absolute Gasteiger partial charge is 0.263 e. The Morgan fingerprint density at radius 1 is 0.902 bits per heavy atom. The van der Waals surface area contributed by atoms with Crippen LogP contribution in [0.3, 0.4) is 0 Å². The molecule has 0 atom stereocenters. The van der Waals surface area contributed by atoms with E-state index < -0.39 is 0 Å².